The van der Waals surface area contributed by atoms with Gasteiger partial charge in [0.05, 0.1) is 20.1 Å². The molecule has 1 atom stereocenters. The molecule has 31 heavy (non-hydrogen) atoms. The third-order valence-electron chi connectivity index (χ3n) is 5.09. The number of aliphatic carboxylic acids is 1. The van der Waals surface area contributed by atoms with Gasteiger partial charge in [-0.1, -0.05) is 6.07 Å². The molecule has 164 valence electrons. The highest BCUT2D eigenvalue weighted by molar-refractivity contribution is 6.02. The van der Waals surface area contributed by atoms with Crippen LogP contribution in [0.5, 0.6) is 11.5 Å². The van der Waals surface area contributed by atoms with Crippen LogP contribution in [0.2, 0.25) is 0 Å². The number of fused-ring (bicyclic) bond motifs is 1. The number of ether oxygens (including phenoxy) is 2. The summed E-state index contributed by atoms with van der Waals surface area (Å²) in [5.41, 5.74) is 3.57. The number of carbonyl (C=O) groups is 3. The number of carbonyl (C=O) groups excluding carboxylic acids is 2. The summed E-state index contributed by atoms with van der Waals surface area (Å²) in [6.45, 7) is -0.392. The van der Waals surface area contributed by atoms with Crippen molar-refractivity contribution in [1.82, 2.24) is 4.90 Å². The topological polar surface area (TPSA) is 139 Å². The Kier molecular flexibility index (Phi) is 6.11. The van der Waals surface area contributed by atoms with E-state index in [1.165, 1.54) is 37.4 Å². The molecule has 2 amide bonds. The highest BCUT2D eigenvalue weighted by Crippen LogP contribution is 2.36. The Morgan fingerprint density at radius 2 is 2.03 bits per heavy atom. The van der Waals surface area contributed by atoms with E-state index >= 15 is 0 Å². The number of hydrogen-bond donors (Lipinski definition) is 3. The lowest BCUT2D eigenvalue weighted by Gasteiger charge is -2.33. The van der Waals surface area contributed by atoms with Gasteiger partial charge in [0.15, 0.2) is 0 Å². The molecule has 10 heteroatoms. The number of nitrogens with two attached hydrogens (primary N) is 1. The van der Waals surface area contributed by atoms with E-state index in [9.17, 15) is 23.9 Å². The summed E-state index contributed by atoms with van der Waals surface area (Å²) in [5.74, 6) is -2.99. The minimum absolute atomic E-state index is 0.160. The van der Waals surface area contributed by atoms with E-state index in [0.717, 1.165) is 4.90 Å². The molecule has 1 aliphatic heterocycles. The zero-order valence-electron chi connectivity index (χ0n) is 16.6. The fourth-order valence-electron chi connectivity index (χ4n) is 3.36. The molecule has 0 bridgehead atoms. The molecule has 4 N–H and O–H groups in total. The van der Waals surface area contributed by atoms with Crippen LogP contribution in [0.25, 0.3) is 0 Å². The van der Waals surface area contributed by atoms with Gasteiger partial charge in [0.25, 0.3) is 11.8 Å². The van der Waals surface area contributed by atoms with Crippen LogP contribution >= 0.6 is 0 Å². The molecule has 0 saturated carbocycles. The van der Waals surface area contributed by atoms with Crippen molar-refractivity contribution in [3.63, 3.8) is 0 Å². The van der Waals surface area contributed by atoms with Crippen molar-refractivity contribution < 1.29 is 38.5 Å². The van der Waals surface area contributed by atoms with Crippen LogP contribution < -0.4 is 15.2 Å². The number of amides is 2. The van der Waals surface area contributed by atoms with Crippen LogP contribution in [-0.2, 0) is 22.7 Å². The van der Waals surface area contributed by atoms with Gasteiger partial charge >= 0.3 is 5.97 Å². The highest BCUT2D eigenvalue weighted by atomic mass is 19.1. The summed E-state index contributed by atoms with van der Waals surface area (Å²) in [4.78, 5) is 36.5. The van der Waals surface area contributed by atoms with Gasteiger partial charge in [-0.05, 0) is 30.3 Å². The number of aliphatic hydroxyl groups is 1. The van der Waals surface area contributed by atoms with Gasteiger partial charge in [0, 0.05) is 23.1 Å². The Morgan fingerprint density at radius 1 is 1.29 bits per heavy atom. The summed E-state index contributed by atoms with van der Waals surface area (Å²) in [6, 6.07) is 8.78. The fourth-order valence-corrected chi connectivity index (χ4v) is 3.36. The van der Waals surface area contributed by atoms with Gasteiger partial charge < -0.3 is 25.4 Å². The standard InChI is InChI=1S/C21H21FN2O7/c1-30-13-5-6-16(22)12(9-13)11-31-17-4-2-3-14-15(17)10-24(19(14)27)21(29,20(23)28)8-7-18(25)26/h2-6,9,29H,7-8,10-11H2,1H3,(H2,23,28)(H,25,26). The van der Waals surface area contributed by atoms with E-state index in [1.54, 1.807) is 6.07 Å². The zero-order chi connectivity index (χ0) is 22.8. The first-order valence-corrected chi connectivity index (χ1v) is 9.30. The third kappa shape index (κ3) is 4.29. The van der Waals surface area contributed by atoms with Crippen LogP contribution in [-0.4, -0.2) is 45.7 Å². The van der Waals surface area contributed by atoms with Crippen molar-refractivity contribution in [2.24, 2.45) is 5.73 Å². The fraction of sp³-hybridized carbons (Fsp3) is 0.286. The molecule has 1 heterocycles. The predicted molar refractivity (Wildman–Crippen MR) is 105 cm³/mol. The molecule has 1 aliphatic rings. The normalized spacial score (nSPS) is 14.7. The molecule has 0 saturated heterocycles. The van der Waals surface area contributed by atoms with E-state index in [1.807, 2.05) is 0 Å². The van der Waals surface area contributed by atoms with E-state index in [4.69, 9.17) is 20.3 Å². The maximum atomic E-state index is 14.1. The molecule has 0 radical (unpaired) electrons. The molecular formula is C21H21FN2O7. The lowest BCUT2D eigenvalue weighted by molar-refractivity contribution is -0.159. The number of carboxylic acids is 1. The highest BCUT2D eigenvalue weighted by Gasteiger charge is 2.47. The maximum absolute atomic E-state index is 14.1. The van der Waals surface area contributed by atoms with Crippen molar-refractivity contribution in [3.05, 3.63) is 58.9 Å². The van der Waals surface area contributed by atoms with E-state index < -0.39 is 42.2 Å². The molecule has 0 spiro atoms. The van der Waals surface area contributed by atoms with E-state index in [-0.39, 0.29) is 30.0 Å². The minimum Gasteiger partial charge on any atom is -0.497 e. The number of carboxylic acid groups (broad SMARTS) is 1. The SMILES string of the molecule is COc1ccc(F)c(COc2cccc3c2CN(C(O)(CCC(=O)O)C(N)=O)C3=O)c1. The van der Waals surface area contributed by atoms with Crippen molar-refractivity contribution in [3.8, 4) is 11.5 Å². The lowest BCUT2D eigenvalue weighted by Crippen LogP contribution is -2.58. The first kappa shape index (κ1) is 22.0. The second kappa shape index (κ2) is 8.60. The van der Waals surface area contributed by atoms with Crippen LogP contribution in [0, 0.1) is 5.82 Å². The molecule has 0 fully saturated rings. The molecule has 1 unspecified atom stereocenters. The van der Waals surface area contributed by atoms with Crippen molar-refractivity contribution in [2.45, 2.75) is 31.7 Å². The Labute approximate surface area is 176 Å². The van der Waals surface area contributed by atoms with Gasteiger partial charge in [-0.2, -0.15) is 0 Å². The third-order valence-corrected chi connectivity index (χ3v) is 5.09. The average molecular weight is 432 g/mol. The number of halogens is 1. The van der Waals surface area contributed by atoms with Crippen LogP contribution in [0.3, 0.4) is 0 Å². The number of rotatable bonds is 9. The van der Waals surface area contributed by atoms with Gasteiger partial charge in [0.1, 0.15) is 23.9 Å². The first-order chi connectivity index (χ1) is 14.7. The molecular weight excluding hydrogens is 411 g/mol. The minimum atomic E-state index is -2.48. The molecule has 0 aliphatic carbocycles. The maximum Gasteiger partial charge on any atom is 0.303 e. The van der Waals surface area contributed by atoms with Gasteiger partial charge in [-0.15, -0.1) is 0 Å². The second-order valence-corrected chi connectivity index (χ2v) is 6.99. The Balaban J connectivity index is 1.86. The van der Waals surface area contributed by atoms with Gasteiger partial charge in [-0.3, -0.25) is 19.3 Å². The van der Waals surface area contributed by atoms with Crippen LogP contribution in [0.4, 0.5) is 4.39 Å². The largest absolute Gasteiger partial charge is 0.497 e. The first-order valence-electron chi connectivity index (χ1n) is 9.30. The van der Waals surface area contributed by atoms with Crippen molar-refractivity contribution in [2.75, 3.05) is 7.11 Å². The zero-order valence-corrected chi connectivity index (χ0v) is 16.6. The Bertz CT molecular complexity index is 1040. The van der Waals surface area contributed by atoms with Crippen molar-refractivity contribution >= 4 is 17.8 Å². The predicted octanol–water partition coefficient (Wildman–Crippen LogP) is 1.41. The average Bonchev–Trinajstić information content (AvgIpc) is 3.09. The van der Waals surface area contributed by atoms with Crippen LogP contribution in [0.1, 0.15) is 34.3 Å². The van der Waals surface area contributed by atoms with E-state index in [0.29, 0.717) is 11.3 Å². The lowest BCUT2D eigenvalue weighted by atomic mass is 10.0. The Hall–Kier alpha value is -3.66. The second-order valence-electron chi connectivity index (χ2n) is 6.99. The number of primary amides is 1. The smallest absolute Gasteiger partial charge is 0.303 e. The summed E-state index contributed by atoms with van der Waals surface area (Å²) >= 11 is 0. The monoisotopic (exact) mass is 432 g/mol. The van der Waals surface area contributed by atoms with Gasteiger partial charge in [-0.25, -0.2) is 4.39 Å². The molecule has 3 rings (SSSR count). The number of methoxy groups -OCH3 is 1. The van der Waals surface area contributed by atoms with Crippen LogP contribution in [0.15, 0.2) is 36.4 Å². The summed E-state index contributed by atoms with van der Waals surface area (Å²) in [6.07, 6.45) is -1.14. The number of nitrogens with zero attached hydrogens (tertiary/aromatic N) is 1. The molecule has 2 aromatic carbocycles. The number of hydrogen-bond acceptors (Lipinski definition) is 6. The summed E-state index contributed by atoms with van der Waals surface area (Å²) in [5, 5.41) is 19.6. The summed E-state index contributed by atoms with van der Waals surface area (Å²) < 4.78 is 24.9. The summed E-state index contributed by atoms with van der Waals surface area (Å²) in [7, 11) is 1.45. The van der Waals surface area contributed by atoms with E-state index in [2.05, 4.69) is 0 Å². The molecule has 9 nitrogen and oxygen atoms in total. The Morgan fingerprint density at radius 3 is 2.68 bits per heavy atom. The van der Waals surface area contributed by atoms with Crippen molar-refractivity contribution in [1.29, 1.82) is 0 Å². The molecule has 0 aromatic heterocycles. The van der Waals surface area contributed by atoms with Gasteiger partial charge in [0.2, 0.25) is 5.72 Å². The number of benzene rings is 2. The molecule has 2 aromatic rings. The quantitative estimate of drug-likeness (QED) is 0.544.